The Morgan fingerprint density at radius 3 is 2.71 bits per heavy atom. The number of hydrogen-bond donors (Lipinski definition) is 1. The lowest BCUT2D eigenvalue weighted by Crippen LogP contribution is -2.15. The van der Waals surface area contributed by atoms with Crippen LogP contribution < -0.4 is 5.32 Å². The Morgan fingerprint density at radius 2 is 2.57 bits per heavy atom. The summed E-state index contributed by atoms with van der Waals surface area (Å²) in [4.78, 5) is 13.2. The van der Waals surface area contributed by atoms with Crippen LogP contribution in [0.5, 0.6) is 0 Å². The van der Waals surface area contributed by atoms with Crippen LogP contribution in [0.3, 0.4) is 0 Å². The molecule has 1 N–H and O–H groups in total. The number of nitrogens with one attached hydrogen (secondary N) is 1. The molecule has 7 heavy (non-hydrogen) atoms. The molecule has 0 aliphatic carbocycles. The summed E-state index contributed by atoms with van der Waals surface area (Å²) in [5.74, 6) is -0.220. The maximum absolute atomic E-state index is 10.1. The first-order valence-electron chi connectivity index (χ1n) is 1.95. The van der Waals surface area contributed by atoms with Gasteiger partial charge in [-0.1, -0.05) is 0 Å². The van der Waals surface area contributed by atoms with Crippen molar-refractivity contribution < 1.29 is 4.79 Å². The lowest BCUT2D eigenvalue weighted by atomic mass is 10.6. The summed E-state index contributed by atoms with van der Waals surface area (Å²) in [6, 6.07) is 0. The Labute approximate surface area is 42.4 Å². The van der Waals surface area contributed by atoms with Gasteiger partial charge < -0.3 is 5.32 Å². The van der Waals surface area contributed by atoms with Crippen LogP contribution in [0.4, 0.5) is 0 Å². The molecule has 0 unspecified atom stereocenters. The van der Waals surface area contributed by atoms with Gasteiger partial charge in [-0.25, -0.2) is 4.99 Å². The molecule has 0 fully saturated rings. The third-order valence-electron chi connectivity index (χ3n) is 0.504. The Hall–Kier alpha value is -0.700. The van der Waals surface area contributed by atoms with E-state index in [-0.39, 0.29) is 12.5 Å². The Bertz CT molecular complexity index is 79.8. The molecule has 40 valence electrons. The molecule has 0 aromatic heterocycles. The first kappa shape index (κ1) is 6.30. The molecule has 3 nitrogen and oxygen atoms in total. The van der Waals surface area contributed by atoms with Gasteiger partial charge in [-0.05, 0) is 13.8 Å². The molecule has 0 aliphatic heterocycles. The maximum Gasteiger partial charge on any atom is 0.258 e. The Balaban J connectivity index is 3.17. The highest BCUT2D eigenvalue weighted by Crippen LogP contribution is 1.63. The second kappa shape index (κ2) is 3.49. The standard InChI is InChI=1S/C4H8N2O/c1-5-3-4(7)6-2/h5H,2-3H2,1H3. The van der Waals surface area contributed by atoms with Crippen LogP contribution in [0.15, 0.2) is 4.99 Å². The molecule has 0 aliphatic rings. The summed E-state index contributed by atoms with van der Waals surface area (Å²) in [7, 11) is 1.68. The van der Waals surface area contributed by atoms with E-state index in [0.717, 1.165) is 0 Å². The lowest BCUT2D eigenvalue weighted by molar-refractivity contribution is -0.116. The second-order valence-electron chi connectivity index (χ2n) is 1.08. The molecule has 0 spiro atoms. The third kappa shape index (κ3) is 3.12. The molecule has 0 saturated heterocycles. The summed E-state index contributed by atoms with van der Waals surface area (Å²) in [6.45, 7) is 3.32. The molecule has 0 bridgehead atoms. The molecule has 0 radical (unpaired) electrons. The fourth-order valence-corrected chi connectivity index (χ4v) is 0.207. The fraction of sp³-hybridized carbons (Fsp3) is 0.500. The van der Waals surface area contributed by atoms with E-state index in [9.17, 15) is 4.79 Å². The van der Waals surface area contributed by atoms with Crippen molar-refractivity contribution in [1.29, 1.82) is 0 Å². The topological polar surface area (TPSA) is 41.5 Å². The number of carbonyl (C=O) groups excluding carboxylic acids is 1. The molecule has 0 heterocycles. The summed E-state index contributed by atoms with van der Waals surface area (Å²) >= 11 is 0. The molecule has 0 rings (SSSR count). The first-order valence-corrected chi connectivity index (χ1v) is 1.95. The van der Waals surface area contributed by atoms with Crippen LogP contribution in [-0.4, -0.2) is 26.2 Å². The van der Waals surface area contributed by atoms with Crippen LogP contribution in [0.1, 0.15) is 0 Å². The highest BCUT2D eigenvalue weighted by Gasteiger charge is 1.88. The minimum absolute atomic E-state index is 0.220. The molecule has 0 aromatic carbocycles. The van der Waals surface area contributed by atoms with Crippen molar-refractivity contribution in [2.24, 2.45) is 4.99 Å². The largest absolute Gasteiger partial charge is 0.311 e. The molecule has 3 heteroatoms. The second-order valence-corrected chi connectivity index (χ2v) is 1.08. The lowest BCUT2D eigenvalue weighted by Gasteiger charge is -1.86. The van der Waals surface area contributed by atoms with Gasteiger partial charge in [0.2, 0.25) is 0 Å². The molecular weight excluding hydrogens is 92.1 g/mol. The van der Waals surface area contributed by atoms with Crippen molar-refractivity contribution >= 4 is 12.6 Å². The van der Waals surface area contributed by atoms with Gasteiger partial charge in [-0.15, -0.1) is 0 Å². The van der Waals surface area contributed by atoms with Gasteiger partial charge in [0, 0.05) is 0 Å². The summed E-state index contributed by atoms with van der Waals surface area (Å²) in [5.41, 5.74) is 0. The van der Waals surface area contributed by atoms with Gasteiger partial charge >= 0.3 is 0 Å². The number of aliphatic imine (C=N–C) groups is 1. The van der Waals surface area contributed by atoms with Gasteiger partial charge in [-0.2, -0.15) is 0 Å². The van der Waals surface area contributed by atoms with Crippen molar-refractivity contribution in [2.75, 3.05) is 13.6 Å². The molecule has 0 atom stereocenters. The highest BCUT2D eigenvalue weighted by atomic mass is 16.1. The summed E-state index contributed by atoms with van der Waals surface area (Å²) in [6.07, 6.45) is 0. The highest BCUT2D eigenvalue weighted by molar-refractivity contribution is 5.82. The van der Waals surface area contributed by atoms with E-state index in [0.29, 0.717) is 0 Å². The quantitative estimate of drug-likeness (QED) is 0.472. The Kier molecular flexibility index (Phi) is 3.14. The average Bonchev–Trinajstić information content (AvgIpc) is 1.68. The predicted octanol–water partition coefficient (Wildman–Crippen LogP) is -0.567. The van der Waals surface area contributed by atoms with Crippen LogP contribution >= 0.6 is 0 Å². The smallest absolute Gasteiger partial charge is 0.258 e. The van der Waals surface area contributed by atoms with Crippen LogP contribution in [0.25, 0.3) is 0 Å². The number of carbonyl (C=O) groups is 1. The summed E-state index contributed by atoms with van der Waals surface area (Å²) in [5, 5.41) is 2.64. The van der Waals surface area contributed by atoms with E-state index in [1.54, 1.807) is 7.05 Å². The summed E-state index contributed by atoms with van der Waals surface area (Å²) < 4.78 is 0. The third-order valence-corrected chi connectivity index (χ3v) is 0.504. The van der Waals surface area contributed by atoms with Gasteiger partial charge in [0.05, 0.1) is 6.54 Å². The van der Waals surface area contributed by atoms with Gasteiger partial charge in [0.15, 0.2) is 0 Å². The van der Waals surface area contributed by atoms with E-state index in [2.05, 4.69) is 17.0 Å². The van der Waals surface area contributed by atoms with Gasteiger partial charge in [0.1, 0.15) is 0 Å². The fourth-order valence-electron chi connectivity index (χ4n) is 0.207. The van der Waals surface area contributed by atoms with E-state index in [4.69, 9.17) is 0 Å². The minimum atomic E-state index is -0.220. The molecule has 1 amide bonds. The van der Waals surface area contributed by atoms with E-state index < -0.39 is 0 Å². The number of likely N-dealkylation sites (N-methyl/N-ethyl adjacent to an activating group) is 1. The number of rotatable bonds is 2. The van der Waals surface area contributed by atoms with Crippen molar-refractivity contribution in [3.8, 4) is 0 Å². The molecule has 0 saturated carbocycles. The molecule has 0 aromatic rings. The maximum atomic E-state index is 10.1. The van der Waals surface area contributed by atoms with Crippen molar-refractivity contribution in [3.63, 3.8) is 0 Å². The normalized spacial score (nSPS) is 8.14. The van der Waals surface area contributed by atoms with Crippen molar-refractivity contribution in [2.45, 2.75) is 0 Å². The van der Waals surface area contributed by atoms with E-state index >= 15 is 0 Å². The number of nitrogens with zero attached hydrogens (tertiary/aromatic N) is 1. The van der Waals surface area contributed by atoms with Crippen LogP contribution in [0.2, 0.25) is 0 Å². The molecular formula is C4H8N2O. The number of hydrogen-bond acceptors (Lipinski definition) is 2. The van der Waals surface area contributed by atoms with Crippen molar-refractivity contribution in [1.82, 2.24) is 5.32 Å². The van der Waals surface area contributed by atoms with Crippen LogP contribution in [-0.2, 0) is 4.79 Å². The first-order chi connectivity index (χ1) is 3.31. The number of amides is 1. The van der Waals surface area contributed by atoms with Gasteiger partial charge in [-0.3, -0.25) is 4.79 Å². The zero-order valence-electron chi connectivity index (χ0n) is 4.27. The minimum Gasteiger partial charge on any atom is -0.311 e. The predicted molar refractivity (Wildman–Crippen MR) is 28.5 cm³/mol. The Morgan fingerprint density at radius 1 is 2.00 bits per heavy atom. The average molecular weight is 100 g/mol. The van der Waals surface area contributed by atoms with E-state index in [1.165, 1.54) is 0 Å². The van der Waals surface area contributed by atoms with Crippen LogP contribution in [0, 0.1) is 0 Å². The SMILES string of the molecule is C=NC(=O)CNC. The zero-order chi connectivity index (χ0) is 5.70. The zero-order valence-corrected chi connectivity index (χ0v) is 4.27. The monoisotopic (exact) mass is 100 g/mol. The van der Waals surface area contributed by atoms with Crippen molar-refractivity contribution in [3.05, 3.63) is 0 Å². The van der Waals surface area contributed by atoms with E-state index in [1.807, 2.05) is 0 Å². The van der Waals surface area contributed by atoms with Gasteiger partial charge in [0.25, 0.3) is 5.91 Å².